The number of aryl methyl sites for hydroxylation is 1. The predicted molar refractivity (Wildman–Crippen MR) is 89.8 cm³/mol. The van der Waals surface area contributed by atoms with Crippen LogP contribution in [0, 0.1) is 6.92 Å². The van der Waals surface area contributed by atoms with Gasteiger partial charge in [0.05, 0.1) is 12.3 Å². The van der Waals surface area contributed by atoms with Crippen molar-refractivity contribution in [2.75, 3.05) is 31.6 Å². The SMILES string of the molecule is Cc1cccnc1Nc1nccc([C@@H]2CCCN(CCO)C2)n1. The van der Waals surface area contributed by atoms with Gasteiger partial charge in [0, 0.05) is 31.4 Å². The second-order valence-corrected chi connectivity index (χ2v) is 5.96. The molecule has 2 aromatic rings. The van der Waals surface area contributed by atoms with Crippen molar-refractivity contribution >= 4 is 11.8 Å². The number of piperidine rings is 1. The highest BCUT2D eigenvalue weighted by molar-refractivity contribution is 5.52. The molecular weight excluding hydrogens is 290 g/mol. The van der Waals surface area contributed by atoms with E-state index in [9.17, 15) is 0 Å². The summed E-state index contributed by atoms with van der Waals surface area (Å²) in [4.78, 5) is 15.6. The normalized spacial score (nSPS) is 18.8. The van der Waals surface area contributed by atoms with E-state index in [1.165, 1.54) is 0 Å². The van der Waals surface area contributed by atoms with Gasteiger partial charge in [-0.05, 0) is 44.0 Å². The van der Waals surface area contributed by atoms with Crippen LogP contribution in [0.2, 0.25) is 0 Å². The Labute approximate surface area is 136 Å². The van der Waals surface area contributed by atoms with Crippen molar-refractivity contribution in [3.05, 3.63) is 41.9 Å². The van der Waals surface area contributed by atoms with Gasteiger partial charge in [-0.3, -0.25) is 0 Å². The second-order valence-electron chi connectivity index (χ2n) is 5.96. The van der Waals surface area contributed by atoms with E-state index in [2.05, 4.69) is 25.2 Å². The van der Waals surface area contributed by atoms with E-state index in [0.29, 0.717) is 11.9 Å². The molecule has 1 saturated heterocycles. The van der Waals surface area contributed by atoms with Gasteiger partial charge < -0.3 is 15.3 Å². The molecule has 23 heavy (non-hydrogen) atoms. The third-order valence-corrected chi connectivity index (χ3v) is 4.26. The van der Waals surface area contributed by atoms with E-state index < -0.39 is 0 Å². The van der Waals surface area contributed by atoms with E-state index >= 15 is 0 Å². The van der Waals surface area contributed by atoms with Crippen LogP contribution in [-0.2, 0) is 0 Å². The summed E-state index contributed by atoms with van der Waals surface area (Å²) in [5, 5.41) is 12.3. The third-order valence-electron chi connectivity index (χ3n) is 4.26. The minimum atomic E-state index is 0.211. The molecule has 1 atom stereocenters. The minimum Gasteiger partial charge on any atom is -0.395 e. The lowest BCUT2D eigenvalue weighted by Gasteiger charge is -2.31. The van der Waals surface area contributed by atoms with Crippen molar-refractivity contribution in [2.24, 2.45) is 0 Å². The largest absolute Gasteiger partial charge is 0.395 e. The molecule has 122 valence electrons. The first kappa shape index (κ1) is 15.8. The van der Waals surface area contributed by atoms with Crippen molar-refractivity contribution in [3.63, 3.8) is 0 Å². The van der Waals surface area contributed by atoms with E-state index in [1.54, 1.807) is 12.4 Å². The molecule has 0 radical (unpaired) electrons. The number of likely N-dealkylation sites (tertiary alicyclic amines) is 1. The van der Waals surface area contributed by atoms with Crippen LogP contribution in [-0.4, -0.2) is 51.2 Å². The van der Waals surface area contributed by atoms with E-state index in [4.69, 9.17) is 5.11 Å². The zero-order valence-corrected chi connectivity index (χ0v) is 13.4. The molecule has 0 aliphatic carbocycles. The molecule has 0 bridgehead atoms. The molecule has 6 nitrogen and oxygen atoms in total. The fourth-order valence-corrected chi connectivity index (χ4v) is 3.02. The number of aromatic nitrogens is 3. The van der Waals surface area contributed by atoms with Crippen molar-refractivity contribution in [3.8, 4) is 0 Å². The molecular formula is C17H23N5O. The van der Waals surface area contributed by atoms with E-state index in [-0.39, 0.29) is 6.61 Å². The number of pyridine rings is 1. The lowest BCUT2D eigenvalue weighted by molar-refractivity contribution is 0.160. The summed E-state index contributed by atoms with van der Waals surface area (Å²) in [6, 6.07) is 5.91. The van der Waals surface area contributed by atoms with E-state index in [0.717, 1.165) is 49.6 Å². The monoisotopic (exact) mass is 313 g/mol. The molecule has 1 aliphatic rings. The van der Waals surface area contributed by atoms with Gasteiger partial charge in [-0.2, -0.15) is 0 Å². The summed E-state index contributed by atoms with van der Waals surface area (Å²) in [5.41, 5.74) is 2.12. The number of hydrogen-bond acceptors (Lipinski definition) is 6. The zero-order chi connectivity index (χ0) is 16.1. The van der Waals surface area contributed by atoms with Gasteiger partial charge in [-0.25, -0.2) is 15.0 Å². The van der Waals surface area contributed by atoms with Crippen LogP contribution in [0.15, 0.2) is 30.6 Å². The van der Waals surface area contributed by atoms with Crippen LogP contribution in [0.1, 0.15) is 30.0 Å². The molecule has 0 amide bonds. The lowest BCUT2D eigenvalue weighted by atomic mass is 9.94. The fourth-order valence-electron chi connectivity index (χ4n) is 3.02. The smallest absolute Gasteiger partial charge is 0.228 e. The Morgan fingerprint density at radius 2 is 2.22 bits per heavy atom. The number of aliphatic hydroxyl groups is 1. The highest BCUT2D eigenvalue weighted by Crippen LogP contribution is 2.26. The van der Waals surface area contributed by atoms with Gasteiger partial charge in [0.1, 0.15) is 5.82 Å². The summed E-state index contributed by atoms with van der Waals surface area (Å²) in [6.45, 7) is 4.95. The third kappa shape index (κ3) is 4.03. The molecule has 1 fully saturated rings. The second kappa shape index (κ2) is 7.48. The minimum absolute atomic E-state index is 0.211. The van der Waals surface area contributed by atoms with Crippen molar-refractivity contribution in [1.82, 2.24) is 19.9 Å². The van der Waals surface area contributed by atoms with E-state index in [1.807, 2.05) is 25.1 Å². The molecule has 0 unspecified atom stereocenters. The van der Waals surface area contributed by atoms with Gasteiger partial charge in [-0.15, -0.1) is 0 Å². The summed E-state index contributed by atoms with van der Waals surface area (Å²) in [6.07, 6.45) is 5.82. The molecule has 2 N–H and O–H groups in total. The van der Waals surface area contributed by atoms with Gasteiger partial charge in [0.15, 0.2) is 0 Å². The van der Waals surface area contributed by atoms with Crippen LogP contribution in [0.4, 0.5) is 11.8 Å². The number of anilines is 2. The number of nitrogens with zero attached hydrogens (tertiary/aromatic N) is 4. The first-order chi connectivity index (χ1) is 11.3. The first-order valence-electron chi connectivity index (χ1n) is 8.11. The van der Waals surface area contributed by atoms with Gasteiger partial charge in [0.25, 0.3) is 0 Å². The Kier molecular flexibility index (Phi) is 5.15. The molecule has 3 heterocycles. The zero-order valence-electron chi connectivity index (χ0n) is 13.4. The molecule has 1 aliphatic heterocycles. The highest BCUT2D eigenvalue weighted by Gasteiger charge is 2.22. The number of aliphatic hydroxyl groups excluding tert-OH is 1. The fraction of sp³-hybridized carbons (Fsp3) is 0.471. The maximum atomic E-state index is 9.13. The predicted octanol–water partition coefficient (Wildman–Crippen LogP) is 2.10. The molecule has 2 aromatic heterocycles. The average molecular weight is 313 g/mol. The van der Waals surface area contributed by atoms with Crippen molar-refractivity contribution < 1.29 is 5.11 Å². The van der Waals surface area contributed by atoms with Gasteiger partial charge in [0.2, 0.25) is 5.95 Å². The Balaban J connectivity index is 1.73. The molecule has 6 heteroatoms. The van der Waals surface area contributed by atoms with Crippen LogP contribution in [0.3, 0.4) is 0 Å². The topological polar surface area (TPSA) is 74.2 Å². The molecule has 0 spiro atoms. The Hall–Kier alpha value is -2.05. The van der Waals surface area contributed by atoms with Crippen LogP contribution >= 0.6 is 0 Å². The molecule has 0 saturated carbocycles. The molecule has 3 rings (SSSR count). The Morgan fingerprint density at radius 3 is 3.04 bits per heavy atom. The van der Waals surface area contributed by atoms with Gasteiger partial charge in [-0.1, -0.05) is 6.07 Å². The Morgan fingerprint density at radius 1 is 1.30 bits per heavy atom. The maximum absolute atomic E-state index is 9.13. The average Bonchev–Trinajstić information content (AvgIpc) is 2.58. The van der Waals surface area contributed by atoms with Crippen molar-refractivity contribution in [1.29, 1.82) is 0 Å². The molecule has 0 aromatic carbocycles. The van der Waals surface area contributed by atoms with Crippen LogP contribution in [0.5, 0.6) is 0 Å². The summed E-state index contributed by atoms with van der Waals surface area (Å²) >= 11 is 0. The Bertz CT molecular complexity index is 646. The lowest BCUT2D eigenvalue weighted by Crippen LogP contribution is -2.36. The number of hydrogen-bond donors (Lipinski definition) is 2. The first-order valence-corrected chi connectivity index (χ1v) is 8.11. The maximum Gasteiger partial charge on any atom is 0.228 e. The highest BCUT2D eigenvalue weighted by atomic mass is 16.3. The number of rotatable bonds is 5. The van der Waals surface area contributed by atoms with Crippen LogP contribution < -0.4 is 5.32 Å². The number of β-amino-alcohol motifs (C(OH)–C–C–N with tert-alkyl or cyclic N) is 1. The summed E-state index contributed by atoms with van der Waals surface area (Å²) in [7, 11) is 0. The van der Waals surface area contributed by atoms with Crippen molar-refractivity contribution in [2.45, 2.75) is 25.7 Å². The summed E-state index contributed by atoms with van der Waals surface area (Å²) < 4.78 is 0. The quantitative estimate of drug-likeness (QED) is 0.880. The number of nitrogens with one attached hydrogen (secondary N) is 1. The van der Waals surface area contributed by atoms with Crippen LogP contribution in [0.25, 0.3) is 0 Å². The summed E-state index contributed by atoms with van der Waals surface area (Å²) in [5.74, 6) is 1.77. The van der Waals surface area contributed by atoms with Gasteiger partial charge >= 0.3 is 0 Å². The standard InChI is InChI=1S/C17H23N5O/c1-13-4-2-7-18-16(13)21-17-19-8-6-15(20-17)14-5-3-9-22(12-14)10-11-23/h2,4,6-8,14,23H,3,5,9-12H2,1H3,(H,18,19,20,21)/t14-/m1/s1.